The second-order valence-electron chi connectivity index (χ2n) is 6.07. The van der Waals surface area contributed by atoms with Crippen LogP contribution in [0.25, 0.3) is 0 Å². The average molecular weight is 458 g/mol. The van der Waals surface area contributed by atoms with Crippen molar-refractivity contribution in [3.05, 3.63) is 47.0 Å². The number of ether oxygens (including phenoxy) is 4. The topological polar surface area (TPSA) is 91.4 Å². The van der Waals surface area contributed by atoms with Gasteiger partial charge in [-0.05, 0) is 42.8 Å². The Morgan fingerprint density at radius 3 is 2.17 bits per heavy atom. The molecule has 2 aromatic rings. The van der Waals surface area contributed by atoms with Gasteiger partial charge in [-0.25, -0.2) is 8.42 Å². The molecule has 0 saturated carbocycles. The summed E-state index contributed by atoms with van der Waals surface area (Å²) >= 11 is 5.96. The first-order valence-electron chi connectivity index (χ1n) is 8.97. The van der Waals surface area contributed by atoms with Crippen molar-refractivity contribution in [3.8, 4) is 17.2 Å². The number of carbonyl (C=O) groups is 1. The van der Waals surface area contributed by atoms with Gasteiger partial charge in [-0.2, -0.15) is 4.31 Å². The largest absolute Gasteiger partial charge is 0.493 e. The third-order valence-corrected chi connectivity index (χ3v) is 6.15. The standard InChI is InChI=1S/C20H24ClNO7S/c1-5-29-19(23)13-22(30(24,25)16-8-6-7-15(21)11-16)12-14-9-17(26-2)20(28-4)18(10-14)27-3/h6-11H,5,12-13H2,1-4H3. The van der Waals surface area contributed by atoms with Gasteiger partial charge in [-0.3, -0.25) is 4.79 Å². The highest BCUT2D eigenvalue weighted by molar-refractivity contribution is 7.89. The Hall–Kier alpha value is -2.49. The number of methoxy groups -OCH3 is 3. The van der Waals surface area contributed by atoms with E-state index in [0.717, 1.165) is 4.31 Å². The molecule has 0 spiro atoms. The van der Waals surface area contributed by atoms with E-state index >= 15 is 0 Å². The van der Waals surface area contributed by atoms with Gasteiger partial charge in [0.2, 0.25) is 15.8 Å². The van der Waals surface area contributed by atoms with E-state index in [2.05, 4.69) is 0 Å². The summed E-state index contributed by atoms with van der Waals surface area (Å²) in [4.78, 5) is 12.1. The molecule has 164 valence electrons. The van der Waals surface area contributed by atoms with E-state index < -0.39 is 22.5 Å². The maximum absolute atomic E-state index is 13.2. The summed E-state index contributed by atoms with van der Waals surface area (Å²) < 4.78 is 48.4. The third kappa shape index (κ3) is 5.56. The first-order valence-corrected chi connectivity index (χ1v) is 10.8. The number of benzene rings is 2. The predicted molar refractivity (Wildman–Crippen MR) is 112 cm³/mol. The van der Waals surface area contributed by atoms with Crippen LogP contribution in [0.1, 0.15) is 12.5 Å². The Morgan fingerprint density at radius 1 is 1.03 bits per heavy atom. The lowest BCUT2D eigenvalue weighted by Crippen LogP contribution is -2.36. The summed E-state index contributed by atoms with van der Waals surface area (Å²) in [7, 11) is 0.331. The monoisotopic (exact) mass is 457 g/mol. The van der Waals surface area contributed by atoms with Gasteiger partial charge in [0.25, 0.3) is 0 Å². The van der Waals surface area contributed by atoms with Crippen molar-refractivity contribution in [2.75, 3.05) is 34.5 Å². The Kier molecular flexibility index (Phi) is 8.33. The molecule has 30 heavy (non-hydrogen) atoms. The van der Waals surface area contributed by atoms with Crippen LogP contribution >= 0.6 is 11.6 Å². The smallest absolute Gasteiger partial charge is 0.321 e. The molecule has 8 nitrogen and oxygen atoms in total. The highest BCUT2D eigenvalue weighted by Crippen LogP contribution is 2.38. The van der Waals surface area contributed by atoms with Gasteiger partial charge in [-0.15, -0.1) is 0 Å². The second-order valence-corrected chi connectivity index (χ2v) is 8.44. The number of hydrogen-bond donors (Lipinski definition) is 0. The quantitative estimate of drug-likeness (QED) is 0.506. The first-order chi connectivity index (χ1) is 14.3. The molecule has 0 saturated heterocycles. The molecule has 0 N–H and O–H groups in total. The predicted octanol–water partition coefficient (Wildman–Crippen LogP) is 3.12. The fourth-order valence-corrected chi connectivity index (χ4v) is 4.46. The minimum Gasteiger partial charge on any atom is -0.493 e. The van der Waals surface area contributed by atoms with Gasteiger partial charge in [0, 0.05) is 11.6 Å². The molecule has 2 rings (SSSR count). The lowest BCUT2D eigenvalue weighted by Gasteiger charge is -2.22. The van der Waals surface area contributed by atoms with Crippen molar-refractivity contribution >= 4 is 27.6 Å². The minimum atomic E-state index is -4.05. The van der Waals surface area contributed by atoms with E-state index in [1.165, 1.54) is 39.5 Å². The van der Waals surface area contributed by atoms with Crippen molar-refractivity contribution in [2.45, 2.75) is 18.4 Å². The zero-order valence-electron chi connectivity index (χ0n) is 17.2. The van der Waals surface area contributed by atoms with Gasteiger partial charge in [-0.1, -0.05) is 17.7 Å². The zero-order chi connectivity index (χ0) is 22.3. The molecule has 0 bridgehead atoms. The van der Waals surface area contributed by atoms with Crippen LogP contribution in [0.15, 0.2) is 41.3 Å². The van der Waals surface area contributed by atoms with Gasteiger partial charge in [0.15, 0.2) is 11.5 Å². The lowest BCUT2D eigenvalue weighted by atomic mass is 10.1. The summed E-state index contributed by atoms with van der Waals surface area (Å²) in [6, 6.07) is 9.06. The molecule has 0 aliphatic carbocycles. The third-order valence-electron chi connectivity index (χ3n) is 4.13. The molecule has 0 heterocycles. The zero-order valence-corrected chi connectivity index (χ0v) is 18.7. The van der Waals surface area contributed by atoms with Crippen LogP contribution in [0.2, 0.25) is 5.02 Å². The number of halogens is 1. The number of carbonyl (C=O) groups excluding carboxylic acids is 1. The molecule has 0 atom stereocenters. The van der Waals surface area contributed by atoms with E-state index in [1.807, 2.05) is 0 Å². The molecule has 0 aliphatic rings. The minimum absolute atomic E-state index is 0.0354. The van der Waals surface area contributed by atoms with Crippen LogP contribution in [0.4, 0.5) is 0 Å². The lowest BCUT2D eigenvalue weighted by molar-refractivity contribution is -0.143. The molecule has 10 heteroatoms. The molecule has 0 aliphatic heterocycles. The van der Waals surface area contributed by atoms with Crippen molar-refractivity contribution in [3.63, 3.8) is 0 Å². The summed E-state index contributed by atoms with van der Waals surface area (Å²) in [5, 5.41) is 0.264. The number of hydrogen-bond acceptors (Lipinski definition) is 7. The summed E-state index contributed by atoms with van der Waals surface area (Å²) in [5.41, 5.74) is 0.527. The summed E-state index contributed by atoms with van der Waals surface area (Å²) in [6.45, 7) is 1.17. The van der Waals surface area contributed by atoms with Crippen LogP contribution in [0, 0.1) is 0 Å². The Labute approximate surface area is 181 Å². The number of rotatable bonds is 10. The SMILES string of the molecule is CCOC(=O)CN(Cc1cc(OC)c(OC)c(OC)c1)S(=O)(=O)c1cccc(Cl)c1. The van der Waals surface area contributed by atoms with E-state index in [1.54, 1.807) is 25.1 Å². The number of nitrogens with zero attached hydrogens (tertiary/aromatic N) is 1. The normalized spacial score (nSPS) is 11.3. The van der Waals surface area contributed by atoms with Crippen molar-refractivity contribution in [1.29, 1.82) is 0 Å². The molecule has 0 unspecified atom stereocenters. The maximum atomic E-state index is 13.2. The van der Waals surface area contributed by atoms with Crippen molar-refractivity contribution < 1.29 is 32.2 Å². The van der Waals surface area contributed by atoms with E-state index in [-0.39, 0.29) is 23.1 Å². The fraction of sp³-hybridized carbons (Fsp3) is 0.350. The van der Waals surface area contributed by atoms with E-state index in [0.29, 0.717) is 22.8 Å². The first kappa shape index (κ1) is 23.8. The molecule has 2 aromatic carbocycles. The Balaban J connectivity index is 2.49. The van der Waals surface area contributed by atoms with E-state index in [9.17, 15) is 13.2 Å². The van der Waals surface area contributed by atoms with Crippen LogP contribution in [-0.4, -0.2) is 53.2 Å². The van der Waals surface area contributed by atoms with Gasteiger partial charge < -0.3 is 18.9 Å². The second kappa shape index (κ2) is 10.5. The van der Waals surface area contributed by atoms with E-state index in [4.69, 9.17) is 30.5 Å². The molecular weight excluding hydrogens is 434 g/mol. The number of sulfonamides is 1. The molecule has 0 fully saturated rings. The fourth-order valence-electron chi connectivity index (χ4n) is 2.78. The highest BCUT2D eigenvalue weighted by atomic mass is 35.5. The molecular formula is C20H24ClNO7S. The van der Waals surface area contributed by atoms with Crippen molar-refractivity contribution in [2.24, 2.45) is 0 Å². The number of esters is 1. The van der Waals surface area contributed by atoms with Crippen LogP contribution < -0.4 is 14.2 Å². The van der Waals surface area contributed by atoms with Gasteiger partial charge in [0.05, 0.1) is 32.8 Å². The van der Waals surface area contributed by atoms with Crippen LogP contribution in [-0.2, 0) is 26.1 Å². The molecule has 0 amide bonds. The average Bonchev–Trinajstić information content (AvgIpc) is 2.72. The Bertz CT molecular complexity index is 969. The Morgan fingerprint density at radius 2 is 1.67 bits per heavy atom. The molecule has 0 radical (unpaired) electrons. The van der Waals surface area contributed by atoms with Gasteiger partial charge in [0.1, 0.15) is 6.54 Å². The highest BCUT2D eigenvalue weighted by Gasteiger charge is 2.28. The summed E-state index contributed by atoms with van der Waals surface area (Å²) in [5.74, 6) is 0.431. The van der Waals surface area contributed by atoms with Crippen molar-refractivity contribution in [1.82, 2.24) is 4.31 Å². The van der Waals surface area contributed by atoms with Crippen LogP contribution in [0.3, 0.4) is 0 Å². The molecule has 0 aromatic heterocycles. The van der Waals surface area contributed by atoms with Crippen LogP contribution in [0.5, 0.6) is 17.2 Å². The summed E-state index contributed by atoms with van der Waals surface area (Å²) in [6.07, 6.45) is 0. The maximum Gasteiger partial charge on any atom is 0.321 e. The van der Waals surface area contributed by atoms with Gasteiger partial charge >= 0.3 is 5.97 Å².